The topological polar surface area (TPSA) is 53.5 Å². The molecule has 84 valence electrons. The Hall–Kier alpha value is -1.26. The van der Waals surface area contributed by atoms with Crippen molar-refractivity contribution < 1.29 is 4.79 Å². The Bertz CT molecular complexity index is 459. The highest BCUT2D eigenvalue weighted by molar-refractivity contribution is 6.46. The van der Waals surface area contributed by atoms with E-state index in [1.54, 1.807) is 18.2 Å². The highest BCUT2D eigenvalue weighted by Crippen LogP contribution is 2.29. The Morgan fingerprint density at radius 3 is 2.94 bits per heavy atom. The van der Waals surface area contributed by atoms with Gasteiger partial charge in [-0.05, 0) is 12.1 Å². The van der Waals surface area contributed by atoms with Gasteiger partial charge in [-0.3, -0.25) is 9.79 Å². The van der Waals surface area contributed by atoms with Crippen molar-refractivity contribution in [3.05, 3.63) is 28.2 Å². The molecule has 1 amide bonds. The maximum Gasteiger partial charge on any atom is 0.290 e. The van der Waals surface area contributed by atoms with Crippen molar-refractivity contribution in [1.29, 1.82) is 0 Å². The van der Waals surface area contributed by atoms with Crippen LogP contribution in [0.5, 0.6) is 0 Å². The third-order valence-corrected chi connectivity index (χ3v) is 2.91. The van der Waals surface area contributed by atoms with Crippen LogP contribution in [0.1, 0.15) is 0 Å². The van der Waals surface area contributed by atoms with Gasteiger partial charge >= 0.3 is 0 Å². The fourth-order valence-electron chi connectivity index (χ4n) is 1.33. The van der Waals surface area contributed by atoms with Crippen LogP contribution in [0.15, 0.2) is 23.2 Å². The zero-order valence-electron chi connectivity index (χ0n) is 8.26. The third kappa shape index (κ3) is 2.28. The normalized spacial score (nSPS) is 14.2. The lowest BCUT2D eigenvalue weighted by Crippen LogP contribution is -2.32. The van der Waals surface area contributed by atoms with Gasteiger partial charge in [-0.2, -0.15) is 0 Å². The lowest BCUT2D eigenvalue weighted by atomic mass is 10.3. The van der Waals surface area contributed by atoms with Crippen LogP contribution >= 0.6 is 23.2 Å². The number of anilines is 1. The largest absolute Gasteiger partial charge is 0.364 e. The molecule has 0 atom stereocenters. The van der Waals surface area contributed by atoms with Gasteiger partial charge in [-0.1, -0.05) is 29.3 Å². The van der Waals surface area contributed by atoms with Crippen molar-refractivity contribution in [2.24, 2.45) is 4.99 Å². The molecule has 0 saturated heterocycles. The summed E-state index contributed by atoms with van der Waals surface area (Å²) in [5, 5.41) is 6.25. The van der Waals surface area contributed by atoms with Gasteiger partial charge in [0.15, 0.2) is 5.84 Å². The minimum absolute atomic E-state index is 0.304. The smallest absolute Gasteiger partial charge is 0.290 e. The Morgan fingerprint density at radius 2 is 2.25 bits per heavy atom. The van der Waals surface area contributed by atoms with E-state index in [0.717, 1.165) is 0 Å². The number of halogens is 2. The number of carbonyl (C=O) groups is 1. The van der Waals surface area contributed by atoms with Crippen LogP contribution in [0.4, 0.5) is 5.69 Å². The fourth-order valence-corrected chi connectivity index (χ4v) is 1.68. The van der Waals surface area contributed by atoms with Gasteiger partial charge in [-0.15, -0.1) is 0 Å². The van der Waals surface area contributed by atoms with Crippen molar-refractivity contribution in [2.75, 3.05) is 18.4 Å². The average Bonchev–Trinajstić information content (AvgIpc) is 2.78. The molecule has 0 spiro atoms. The third-order valence-electron chi connectivity index (χ3n) is 2.09. The fraction of sp³-hybridized carbons (Fsp3) is 0.200. The van der Waals surface area contributed by atoms with Crippen molar-refractivity contribution >= 4 is 40.6 Å². The lowest BCUT2D eigenvalue weighted by molar-refractivity contribution is -0.110. The van der Waals surface area contributed by atoms with Crippen molar-refractivity contribution in [3.63, 3.8) is 0 Å². The number of nitrogens with zero attached hydrogens (tertiary/aromatic N) is 1. The summed E-state index contributed by atoms with van der Waals surface area (Å²) >= 11 is 11.8. The van der Waals surface area contributed by atoms with E-state index < -0.39 is 0 Å². The van der Waals surface area contributed by atoms with E-state index >= 15 is 0 Å². The quantitative estimate of drug-likeness (QED) is 0.851. The average molecular weight is 258 g/mol. The Balaban J connectivity index is 2.14. The summed E-state index contributed by atoms with van der Waals surface area (Å²) in [6, 6.07) is 5.06. The maximum absolute atomic E-state index is 11.7. The van der Waals surface area contributed by atoms with Crippen LogP contribution in [0.2, 0.25) is 10.0 Å². The zero-order valence-corrected chi connectivity index (χ0v) is 9.77. The second-order valence-electron chi connectivity index (χ2n) is 3.21. The molecule has 0 radical (unpaired) electrons. The molecule has 1 aromatic carbocycles. The first-order valence-corrected chi connectivity index (χ1v) is 5.48. The second kappa shape index (κ2) is 4.72. The van der Waals surface area contributed by atoms with Gasteiger partial charge in [0.2, 0.25) is 0 Å². The predicted octanol–water partition coefficient (Wildman–Crippen LogP) is 1.93. The summed E-state index contributed by atoms with van der Waals surface area (Å²) in [6.45, 7) is 1.30. The summed E-state index contributed by atoms with van der Waals surface area (Å²) in [6.07, 6.45) is 0. The summed E-state index contributed by atoms with van der Waals surface area (Å²) in [5.74, 6) is 0.0257. The standard InChI is InChI=1S/C10H9Cl2N3O/c11-6-2-1-3-7(8(6)12)15-10(16)9-13-4-5-14-9/h1-3H,4-5H2,(H,13,14)(H,15,16). The van der Waals surface area contributed by atoms with Gasteiger partial charge in [0, 0.05) is 6.54 Å². The highest BCUT2D eigenvalue weighted by Gasteiger charge is 2.16. The first kappa shape index (κ1) is 11.2. The minimum atomic E-state index is -0.304. The number of amides is 1. The molecule has 4 nitrogen and oxygen atoms in total. The Kier molecular flexibility index (Phi) is 3.31. The summed E-state index contributed by atoms with van der Waals surface area (Å²) < 4.78 is 0. The molecule has 2 rings (SSSR count). The number of nitrogens with one attached hydrogen (secondary N) is 2. The SMILES string of the molecule is O=C(Nc1cccc(Cl)c1Cl)C1=NCCN1. The van der Waals surface area contributed by atoms with Crippen LogP contribution in [0, 0.1) is 0 Å². The first-order valence-electron chi connectivity index (χ1n) is 4.72. The first-order chi connectivity index (χ1) is 7.68. The van der Waals surface area contributed by atoms with Gasteiger partial charge in [-0.25, -0.2) is 0 Å². The Labute approximate surface area is 103 Å². The molecule has 0 aliphatic carbocycles. The van der Waals surface area contributed by atoms with Gasteiger partial charge in [0.05, 0.1) is 22.3 Å². The van der Waals surface area contributed by atoms with E-state index in [0.29, 0.717) is 34.7 Å². The van der Waals surface area contributed by atoms with E-state index in [2.05, 4.69) is 15.6 Å². The van der Waals surface area contributed by atoms with Crippen LogP contribution in [0.25, 0.3) is 0 Å². The summed E-state index contributed by atoms with van der Waals surface area (Å²) in [4.78, 5) is 15.7. The molecule has 1 heterocycles. The van der Waals surface area contributed by atoms with Crippen molar-refractivity contribution in [3.8, 4) is 0 Å². The molecule has 6 heteroatoms. The zero-order chi connectivity index (χ0) is 11.5. The van der Waals surface area contributed by atoms with Crippen LogP contribution in [-0.4, -0.2) is 24.8 Å². The van der Waals surface area contributed by atoms with Gasteiger partial charge < -0.3 is 10.6 Å². The van der Waals surface area contributed by atoms with Gasteiger partial charge in [0.1, 0.15) is 0 Å². The number of amidine groups is 1. The summed E-state index contributed by atoms with van der Waals surface area (Å²) in [7, 11) is 0. The van der Waals surface area contributed by atoms with E-state index in [1.165, 1.54) is 0 Å². The number of hydrogen-bond acceptors (Lipinski definition) is 3. The summed E-state index contributed by atoms with van der Waals surface area (Å²) in [5.41, 5.74) is 0.482. The molecule has 1 aromatic rings. The Morgan fingerprint density at radius 1 is 1.44 bits per heavy atom. The van der Waals surface area contributed by atoms with Crippen LogP contribution < -0.4 is 10.6 Å². The number of rotatable bonds is 2. The maximum atomic E-state index is 11.7. The molecule has 1 aliphatic rings. The number of carbonyl (C=O) groups excluding carboxylic acids is 1. The van der Waals surface area contributed by atoms with E-state index in [1.807, 2.05) is 0 Å². The molecule has 2 N–H and O–H groups in total. The number of aliphatic imine (C=N–C) groups is 1. The second-order valence-corrected chi connectivity index (χ2v) is 4.00. The molecule has 0 bridgehead atoms. The molecule has 0 unspecified atom stereocenters. The van der Waals surface area contributed by atoms with Crippen LogP contribution in [-0.2, 0) is 4.79 Å². The molecule has 0 saturated carbocycles. The van der Waals surface area contributed by atoms with Crippen LogP contribution in [0.3, 0.4) is 0 Å². The van der Waals surface area contributed by atoms with Crippen molar-refractivity contribution in [1.82, 2.24) is 5.32 Å². The predicted molar refractivity (Wildman–Crippen MR) is 65.4 cm³/mol. The molecule has 0 fully saturated rings. The van der Waals surface area contributed by atoms with E-state index in [9.17, 15) is 4.79 Å². The van der Waals surface area contributed by atoms with Gasteiger partial charge in [0.25, 0.3) is 5.91 Å². The van der Waals surface area contributed by atoms with Crippen molar-refractivity contribution in [2.45, 2.75) is 0 Å². The highest BCUT2D eigenvalue weighted by atomic mass is 35.5. The van der Waals surface area contributed by atoms with E-state index in [-0.39, 0.29) is 5.91 Å². The molecule has 1 aliphatic heterocycles. The molecule has 16 heavy (non-hydrogen) atoms. The molecule has 0 aromatic heterocycles. The minimum Gasteiger partial charge on any atom is -0.364 e. The number of hydrogen-bond donors (Lipinski definition) is 2. The monoisotopic (exact) mass is 257 g/mol. The van der Waals surface area contributed by atoms with E-state index in [4.69, 9.17) is 23.2 Å². The molecular formula is C10H9Cl2N3O. The lowest BCUT2D eigenvalue weighted by Gasteiger charge is -2.07. The molecular weight excluding hydrogens is 249 g/mol. The number of benzene rings is 1.